The molecule has 0 unspecified atom stereocenters. The predicted molar refractivity (Wildman–Crippen MR) is 283 cm³/mol. The van der Waals surface area contributed by atoms with Gasteiger partial charge in [0.2, 0.25) is 0 Å². The second kappa shape index (κ2) is 26.0. The van der Waals surface area contributed by atoms with Gasteiger partial charge in [-0.3, -0.25) is 9.36 Å². The van der Waals surface area contributed by atoms with E-state index < -0.39 is 10.6 Å². The summed E-state index contributed by atoms with van der Waals surface area (Å²) in [6, 6.07) is 68.5. The summed E-state index contributed by atoms with van der Waals surface area (Å²) in [6.07, 6.45) is 0.833. The molecule has 0 bridgehead atoms. The Bertz CT molecular complexity index is 3140. The number of nitrogens with zero attached hydrogens (tertiary/aromatic N) is 2. The van der Waals surface area contributed by atoms with E-state index in [9.17, 15) is 4.79 Å². The zero-order valence-corrected chi connectivity index (χ0v) is 43.2. The van der Waals surface area contributed by atoms with E-state index in [-0.39, 0.29) is 31.0 Å². The van der Waals surface area contributed by atoms with Crippen molar-refractivity contribution in [2.45, 2.75) is 59.3 Å². The van der Waals surface area contributed by atoms with Crippen LogP contribution in [-0.4, -0.2) is 28.5 Å². The summed E-state index contributed by atoms with van der Waals surface area (Å²) in [7, 11) is -3.11. The fourth-order valence-corrected chi connectivity index (χ4v) is 7.93. The Hall–Kier alpha value is -6.88. The molecule has 0 aliphatic heterocycles. The summed E-state index contributed by atoms with van der Waals surface area (Å²) in [4.78, 5) is 15.2. The quantitative estimate of drug-likeness (QED) is 0.0795. The van der Waals surface area contributed by atoms with Crippen LogP contribution in [-0.2, 0) is 10.6 Å². The molecule has 9 rings (SSSR count). The third kappa shape index (κ3) is 14.3. The number of para-hydroxylation sites is 2. The number of fused-ring (bicyclic) bond motifs is 1. The number of rotatable bonds is 10. The zero-order valence-electron chi connectivity index (χ0n) is 41.4. The number of imidazole rings is 1. The summed E-state index contributed by atoms with van der Waals surface area (Å²) in [5, 5.41) is 3.51. The fourth-order valence-electron chi connectivity index (χ4n) is 7.93. The number of nitrogens with two attached hydrogens (primary N) is 1. The third-order valence-electron chi connectivity index (χ3n) is 11.3. The minimum absolute atomic E-state index is 0. The molecule has 0 aliphatic carbocycles. The van der Waals surface area contributed by atoms with Crippen LogP contribution in [0.15, 0.2) is 200 Å². The molecule has 0 amide bonds. The van der Waals surface area contributed by atoms with Gasteiger partial charge >= 0.3 is 40.2 Å². The van der Waals surface area contributed by atoms with E-state index in [4.69, 9.17) is 23.3 Å². The van der Waals surface area contributed by atoms with Crippen molar-refractivity contribution in [1.29, 1.82) is 0 Å². The van der Waals surface area contributed by atoms with Gasteiger partial charge in [-0.15, -0.1) is 12.6 Å². The van der Waals surface area contributed by atoms with Gasteiger partial charge in [-0.25, -0.2) is 4.98 Å². The molecule has 8 aromatic carbocycles. The van der Waals surface area contributed by atoms with E-state index in [0.717, 1.165) is 56.9 Å². The van der Waals surface area contributed by atoms with Crippen molar-refractivity contribution in [3.8, 4) is 39.3 Å². The smallest absolute Gasteiger partial charge is 1.00 e. The van der Waals surface area contributed by atoms with Gasteiger partial charge in [-0.2, -0.15) is 0 Å². The van der Waals surface area contributed by atoms with Crippen molar-refractivity contribution < 1.29 is 48.4 Å². The largest absolute Gasteiger partial charge is 1.00 e. The number of anilines is 3. The second-order valence-corrected chi connectivity index (χ2v) is 17.5. The Labute approximate surface area is 432 Å². The topological polar surface area (TPSA) is 124 Å². The van der Waals surface area contributed by atoms with Crippen molar-refractivity contribution in [3.63, 3.8) is 0 Å². The molecular formula is C59H59N4NaO4S. The van der Waals surface area contributed by atoms with Gasteiger partial charge in [-0.05, 0) is 87.0 Å². The Morgan fingerprint density at radius 3 is 1.43 bits per heavy atom. The van der Waals surface area contributed by atoms with Crippen LogP contribution in [0.25, 0.3) is 50.4 Å². The van der Waals surface area contributed by atoms with Gasteiger partial charge in [0.05, 0.1) is 28.1 Å². The molecule has 0 radical (unpaired) electrons. The second-order valence-electron chi connectivity index (χ2n) is 17.1. The Balaban J connectivity index is 0.000000249. The molecule has 1 heterocycles. The van der Waals surface area contributed by atoms with Gasteiger partial charge in [0.25, 0.3) is 0 Å². The summed E-state index contributed by atoms with van der Waals surface area (Å²) >= 11 is 0. The maximum atomic E-state index is 10.0. The molecule has 0 saturated heterocycles. The molecule has 10 heteroatoms. The molecule has 0 spiro atoms. The van der Waals surface area contributed by atoms with Crippen LogP contribution in [0.1, 0.15) is 87.8 Å². The first-order valence-electron chi connectivity index (χ1n) is 22.7. The molecule has 1 aromatic heterocycles. The van der Waals surface area contributed by atoms with E-state index in [1.807, 2.05) is 48.5 Å². The van der Waals surface area contributed by atoms with Gasteiger partial charge < -0.3 is 12.5 Å². The van der Waals surface area contributed by atoms with Gasteiger partial charge in [0.1, 0.15) is 12.1 Å². The maximum absolute atomic E-state index is 10.0. The van der Waals surface area contributed by atoms with Gasteiger partial charge in [0, 0.05) is 16.8 Å². The van der Waals surface area contributed by atoms with Crippen molar-refractivity contribution in [2.24, 2.45) is 0 Å². The van der Waals surface area contributed by atoms with E-state index in [0.29, 0.717) is 17.8 Å². The summed E-state index contributed by atoms with van der Waals surface area (Å²) in [5.41, 5.74) is 23.0. The van der Waals surface area contributed by atoms with Crippen molar-refractivity contribution in [3.05, 3.63) is 222 Å². The molecular weight excluding hydrogens is 884 g/mol. The number of nitrogens with one attached hydrogen (secondary N) is 1. The molecule has 0 atom stereocenters. The fraction of sp³-hybridized carbons (Fsp3) is 0.153. The minimum atomic E-state index is -3.11. The maximum Gasteiger partial charge on any atom is 1.00 e. The predicted octanol–water partition coefficient (Wildman–Crippen LogP) is 12.0. The Kier molecular flexibility index (Phi) is 20.0. The van der Waals surface area contributed by atoms with Crippen LogP contribution in [0.3, 0.4) is 0 Å². The molecule has 0 aliphatic rings. The molecule has 0 fully saturated rings. The Morgan fingerprint density at radius 1 is 0.507 bits per heavy atom. The summed E-state index contributed by atoms with van der Waals surface area (Å²) < 4.78 is 27.7. The molecule has 8 nitrogen and oxygen atoms in total. The number of hydrogen-bond acceptors (Lipinski definition) is 7. The van der Waals surface area contributed by atoms with Crippen LogP contribution < -0.4 is 40.6 Å². The average Bonchev–Trinajstić information content (AvgIpc) is 3.74. The number of benzene rings is 8. The van der Waals surface area contributed by atoms with Crippen LogP contribution in [0.2, 0.25) is 0 Å². The first kappa shape index (κ1) is 53.1. The van der Waals surface area contributed by atoms with Crippen LogP contribution in [0.5, 0.6) is 0 Å². The van der Waals surface area contributed by atoms with Gasteiger partial charge in [0.15, 0.2) is 0 Å². The van der Waals surface area contributed by atoms with E-state index in [2.05, 4.69) is 191 Å². The standard InChI is InChI=1S/C31H30N2.C21H22N2.C7H6O.Na.O3S.H/c1-21(2)26-16-11-17-27(22(3)4)30(26)33-29-20-25(23-12-7-5-8-13-23)18-19-28(29)32-31(33)24-14-9-6-10-15-24;1-15(2)18-10-6-7-11-20(18)23-21-14-17(12-13-19(21)22)16-8-4-3-5-9-16;8-6-7-4-2-1-3-5-7;;1-4(2)3;/h5-22H,1-4H3;3-15,23H,22H2,1-2H3;1-6H;;;/q;;;+1;;-1. The molecule has 69 heavy (non-hydrogen) atoms. The monoisotopic (exact) mass is 942 g/mol. The number of aldehydes is 1. The summed E-state index contributed by atoms with van der Waals surface area (Å²) in [5.74, 6) is 2.25. The normalized spacial score (nSPS) is 10.4. The Morgan fingerprint density at radius 2 is 0.942 bits per heavy atom. The first-order valence-corrected chi connectivity index (χ1v) is 23.7. The summed E-state index contributed by atoms with van der Waals surface area (Å²) in [6.45, 7) is 13.5. The SMILES string of the molecule is CC(C)c1cccc(C(C)C)c1-n1c(-c2ccccc2)nc2ccc(-c3ccccc3)cc21.CC(C)c1ccccc1Nc1cc(-c2ccccc2)ccc1N.O=Cc1ccccc1.O=S(=O)=O.[H-].[Na+]. The van der Waals surface area contributed by atoms with E-state index in [1.165, 1.54) is 39.1 Å². The van der Waals surface area contributed by atoms with Crippen LogP contribution in [0.4, 0.5) is 17.1 Å². The minimum Gasteiger partial charge on any atom is -1.00 e. The van der Waals surface area contributed by atoms with Crippen molar-refractivity contribution in [1.82, 2.24) is 9.55 Å². The number of aromatic nitrogens is 2. The van der Waals surface area contributed by atoms with E-state index in [1.54, 1.807) is 12.1 Å². The first-order chi connectivity index (χ1) is 32.9. The molecule has 9 aromatic rings. The van der Waals surface area contributed by atoms with Crippen molar-refractivity contribution in [2.75, 3.05) is 11.1 Å². The number of nitrogen functional groups attached to an aromatic ring is 1. The van der Waals surface area contributed by atoms with Crippen LogP contribution >= 0.6 is 0 Å². The molecule has 346 valence electrons. The third-order valence-corrected chi connectivity index (χ3v) is 11.3. The van der Waals surface area contributed by atoms with Gasteiger partial charge in [-0.1, -0.05) is 211 Å². The number of carbonyl (C=O) groups is 1. The van der Waals surface area contributed by atoms with E-state index >= 15 is 0 Å². The number of carbonyl (C=O) groups excluding carboxylic acids is 1. The molecule has 3 N–H and O–H groups in total. The van der Waals surface area contributed by atoms with Crippen molar-refractivity contribution >= 4 is 45.0 Å². The molecule has 0 saturated carbocycles. The average molecular weight is 943 g/mol. The number of hydrogen-bond donors (Lipinski definition) is 2. The van der Waals surface area contributed by atoms with Crippen LogP contribution in [0, 0.1) is 0 Å². The zero-order chi connectivity index (χ0) is 48.6.